The third kappa shape index (κ3) is 4.30. The molecular weight excluding hydrogens is 388 g/mol. The van der Waals surface area contributed by atoms with Crippen molar-refractivity contribution >= 4 is 22.9 Å². The molecule has 2 aliphatic rings. The number of carbonyl (C=O) groups excluding carboxylic acids is 1. The van der Waals surface area contributed by atoms with Gasteiger partial charge in [0.25, 0.3) is 0 Å². The summed E-state index contributed by atoms with van der Waals surface area (Å²) in [4.78, 5) is 22.2. The van der Waals surface area contributed by atoms with Crippen molar-refractivity contribution < 1.29 is 9.53 Å². The summed E-state index contributed by atoms with van der Waals surface area (Å²) in [7, 11) is 0. The van der Waals surface area contributed by atoms with E-state index in [1.54, 1.807) is 0 Å². The molecule has 1 aromatic heterocycles. The molecule has 31 heavy (non-hydrogen) atoms. The predicted molar refractivity (Wildman–Crippen MR) is 122 cm³/mol. The van der Waals surface area contributed by atoms with Gasteiger partial charge in [-0.2, -0.15) is 0 Å². The highest BCUT2D eigenvalue weighted by atomic mass is 16.5. The summed E-state index contributed by atoms with van der Waals surface area (Å²) < 4.78 is 7.75. The number of nitrogens with zero attached hydrogens (tertiary/aromatic N) is 4. The normalized spacial score (nSPS) is 17.9. The molecule has 3 heterocycles. The number of para-hydroxylation sites is 2. The van der Waals surface area contributed by atoms with Crippen LogP contribution in [0.5, 0.6) is 0 Å². The number of rotatable bonds is 5. The second kappa shape index (κ2) is 9.10. The highest BCUT2D eigenvalue weighted by Crippen LogP contribution is 2.28. The van der Waals surface area contributed by atoms with Crippen LogP contribution >= 0.6 is 0 Å². The van der Waals surface area contributed by atoms with Crippen molar-refractivity contribution in [3.63, 3.8) is 0 Å². The van der Waals surface area contributed by atoms with Crippen LogP contribution in [-0.4, -0.2) is 59.8 Å². The van der Waals surface area contributed by atoms with Gasteiger partial charge in [0.05, 0.1) is 24.2 Å². The molecule has 0 bridgehead atoms. The SMILES string of the molecule is O=C(C1CCN(c2nc3ccccc3n2CCc2ccccc2)CC1)N1CCOCC1. The Morgan fingerprint density at radius 3 is 2.42 bits per heavy atom. The molecule has 3 aromatic rings. The molecule has 0 saturated carbocycles. The molecular formula is C25H30N4O2. The molecule has 1 amide bonds. The van der Waals surface area contributed by atoms with Crippen molar-refractivity contribution in [2.75, 3.05) is 44.3 Å². The number of amides is 1. The van der Waals surface area contributed by atoms with Crippen LogP contribution in [0.15, 0.2) is 54.6 Å². The average Bonchev–Trinajstić information content (AvgIpc) is 3.22. The maximum atomic E-state index is 12.9. The fourth-order valence-electron chi connectivity index (χ4n) is 4.78. The lowest BCUT2D eigenvalue weighted by molar-refractivity contribution is -0.140. The Labute approximate surface area is 183 Å². The van der Waals surface area contributed by atoms with Gasteiger partial charge >= 0.3 is 0 Å². The topological polar surface area (TPSA) is 50.6 Å². The van der Waals surface area contributed by atoms with Crippen molar-refractivity contribution in [1.82, 2.24) is 14.5 Å². The zero-order valence-corrected chi connectivity index (χ0v) is 17.9. The van der Waals surface area contributed by atoms with E-state index in [0.29, 0.717) is 19.1 Å². The first-order valence-electron chi connectivity index (χ1n) is 11.4. The van der Waals surface area contributed by atoms with E-state index in [1.165, 1.54) is 11.1 Å². The van der Waals surface area contributed by atoms with Crippen LogP contribution in [0.2, 0.25) is 0 Å². The Balaban J connectivity index is 1.31. The fraction of sp³-hybridized carbons (Fsp3) is 0.440. The number of benzene rings is 2. The van der Waals surface area contributed by atoms with Crippen LogP contribution in [0, 0.1) is 5.92 Å². The fourth-order valence-corrected chi connectivity index (χ4v) is 4.78. The predicted octanol–water partition coefficient (Wildman–Crippen LogP) is 3.35. The number of imidazole rings is 1. The van der Waals surface area contributed by atoms with Crippen molar-refractivity contribution in [3.8, 4) is 0 Å². The molecule has 2 fully saturated rings. The Hall–Kier alpha value is -2.86. The van der Waals surface area contributed by atoms with Gasteiger partial charge in [-0.25, -0.2) is 4.98 Å². The maximum Gasteiger partial charge on any atom is 0.225 e. The van der Waals surface area contributed by atoms with Gasteiger partial charge in [-0.05, 0) is 37.0 Å². The maximum absolute atomic E-state index is 12.9. The first-order chi connectivity index (χ1) is 15.3. The number of hydrogen-bond acceptors (Lipinski definition) is 4. The third-order valence-electron chi connectivity index (χ3n) is 6.55. The monoisotopic (exact) mass is 418 g/mol. The molecule has 0 radical (unpaired) electrons. The van der Waals surface area contributed by atoms with E-state index in [2.05, 4.69) is 58.0 Å². The smallest absolute Gasteiger partial charge is 0.225 e. The molecule has 5 rings (SSSR count). The number of anilines is 1. The van der Waals surface area contributed by atoms with E-state index >= 15 is 0 Å². The molecule has 0 spiro atoms. The number of aromatic nitrogens is 2. The summed E-state index contributed by atoms with van der Waals surface area (Å²) in [6, 6.07) is 19.0. The van der Waals surface area contributed by atoms with Gasteiger partial charge in [-0.15, -0.1) is 0 Å². The Bertz CT molecular complexity index is 1020. The van der Waals surface area contributed by atoms with Gasteiger partial charge in [0.2, 0.25) is 11.9 Å². The number of ether oxygens (including phenoxy) is 1. The first kappa shape index (κ1) is 20.1. The van der Waals surface area contributed by atoms with Crippen molar-refractivity contribution in [2.45, 2.75) is 25.8 Å². The highest BCUT2D eigenvalue weighted by Gasteiger charge is 2.31. The zero-order chi connectivity index (χ0) is 21.0. The van der Waals surface area contributed by atoms with Gasteiger partial charge in [-0.1, -0.05) is 42.5 Å². The van der Waals surface area contributed by atoms with Crippen LogP contribution < -0.4 is 4.90 Å². The van der Waals surface area contributed by atoms with Gasteiger partial charge in [0.15, 0.2) is 0 Å². The zero-order valence-electron chi connectivity index (χ0n) is 17.9. The second-order valence-electron chi connectivity index (χ2n) is 8.49. The summed E-state index contributed by atoms with van der Waals surface area (Å²) in [5.74, 6) is 1.46. The van der Waals surface area contributed by atoms with Crippen molar-refractivity contribution in [2.24, 2.45) is 5.92 Å². The van der Waals surface area contributed by atoms with Gasteiger partial charge in [0.1, 0.15) is 0 Å². The van der Waals surface area contributed by atoms with E-state index in [-0.39, 0.29) is 5.92 Å². The molecule has 0 atom stereocenters. The minimum atomic E-state index is 0.122. The molecule has 0 unspecified atom stereocenters. The Kier molecular flexibility index (Phi) is 5.89. The Morgan fingerprint density at radius 1 is 0.935 bits per heavy atom. The third-order valence-corrected chi connectivity index (χ3v) is 6.55. The molecule has 0 N–H and O–H groups in total. The molecule has 0 aliphatic carbocycles. The lowest BCUT2D eigenvalue weighted by Gasteiger charge is -2.36. The van der Waals surface area contributed by atoms with Gasteiger partial charge in [-0.3, -0.25) is 4.79 Å². The van der Waals surface area contributed by atoms with Crippen LogP contribution in [-0.2, 0) is 22.5 Å². The first-order valence-corrected chi connectivity index (χ1v) is 11.4. The minimum absolute atomic E-state index is 0.122. The van der Waals surface area contributed by atoms with Crippen LogP contribution in [0.3, 0.4) is 0 Å². The number of fused-ring (bicyclic) bond motifs is 1. The summed E-state index contributed by atoms with van der Waals surface area (Å²) >= 11 is 0. The van der Waals surface area contributed by atoms with E-state index < -0.39 is 0 Å². The lowest BCUT2D eigenvalue weighted by atomic mass is 9.95. The Morgan fingerprint density at radius 2 is 1.65 bits per heavy atom. The number of morpholine rings is 1. The molecule has 6 heteroatoms. The lowest BCUT2D eigenvalue weighted by Crippen LogP contribution is -2.47. The molecule has 162 valence electrons. The van der Waals surface area contributed by atoms with Crippen LogP contribution in [0.4, 0.5) is 5.95 Å². The average molecular weight is 419 g/mol. The number of aryl methyl sites for hydroxylation is 2. The van der Waals surface area contributed by atoms with Crippen LogP contribution in [0.1, 0.15) is 18.4 Å². The summed E-state index contributed by atoms with van der Waals surface area (Å²) in [5.41, 5.74) is 3.55. The summed E-state index contributed by atoms with van der Waals surface area (Å²) in [5, 5.41) is 0. The van der Waals surface area contributed by atoms with E-state index in [1.807, 2.05) is 11.0 Å². The molecule has 2 aromatic carbocycles. The van der Waals surface area contributed by atoms with E-state index in [0.717, 1.165) is 63.5 Å². The summed E-state index contributed by atoms with van der Waals surface area (Å²) in [6.45, 7) is 5.42. The number of carbonyl (C=O) groups is 1. The van der Waals surface area contributed by atoms with Crippen molar-refractivity contribution in [1.29, 1.82) is 0 Å². The second-order valence-corrected chi connectivity index (χ2v) is 8.49. The van der Waals surface area contributed by atoms with E-state index in [9.17, 15) is 4.79 Å². The summed E-state index contributed by atoms with van der Waals surface area (Å²) in [6.07, 6.45) is 2.75. The van der Waals surface area contributed by atoms with Crippen LogP contribution in [0.25, 0.3) is 11.0 Å². The largest absolute Gasteiger partial charge is 0.378 e. The molecule has 2 saturated heterocycles. The minimum Gasteiger partial charge on any atom is -0.378 e. The highest BCUT2D eigenvalue weighted by molar-refractivity contribution is 5.80. The molecule has 6 nitrogen and oxygen atoms in total. The van der Waals surface area contributed by atoms with Gasteiger partial charge in [0, 0.05) is 38.6 Å². The number of piperidine rings is 1. The molecule has 2 aliphatic heterocycles. The number of hydrogen-bond donors (Lipinski definition) is 0. The van der Waals surface area contributed by atoms with Gasteiger partial charge < -0.3 is 19.1 Å². The standard InChI is InChI=1S/C25H30N4O2/c30-24(27-16-18-31-19-17-27)21-11-13-28(14-12-21)25-26-22-8-4-5-9-23(22)29(25)15-10-20-6-2-1-3-7-20/h1-9,21H,10-19H2. The van der Waals surface area contributed by atoms with Crippen molar-refractivity contribution in [3.05, 3.63) is 60.2 Å². The quantitative estimate of drug-likeness (QED) is 0.638. The van der Waals surface area contributed by atoms with E-state index in [4.69, 9.17) is 9.72 Å².